The van der Waals surface area contributed by atoms with Gasteiger partial charge in [-0.1, -0.05) is 42.5 Å². The van der Waals surface area contributed by atoms with Crippen molar-refractivity contribution in [2.24, 2.45) is 0 Å². The van der Waals surface area contributed by atoms with Crippen LogP contribution < -0.4 is 5.32 Å². The molecule has 0 saturated carbocycles. The molecule has 0 unspecified atom stereocenters. The third kappa shape index (κ3) is 3.66. The first-order valence-electron chi connectivity index (χ1n) is 10.1. The zero-order valence-corrected chi connectivity index (χ0v) is 17.0. The molecule has 0 atom stereocenters. The smallest absolute Gasteiger partial charge is 0.277 e. The summed E-state index contributed by atoms with van der Waals surface area (Å²) in [5.74, 6) is -0.420. The number of carbonyl (C=O) groups is 2. The van der Waals surface area contributed by atoms with Gasteiger partial charge in [0.05, 0.1) is 13.2 Å². The number of β-amino-alcohol motifs (C(OH)–C–C–N with tert-alkyl or cyclic N) is 1. The van der Waals surface area contributed by atoms with Gasteiger partial charge < -0.3 is 14.8 Å². The van der Waals surface area contributed by atoms with Crippen LogP contribution in [-0.2, 0) is 9.59 Å². The molecule has 0 spiro atoms. The number of oxazole rings is 1. The van der Waals surface area contributed by atoms with Crippen molar-refractivity contribution in [1.82, 2.24) is 9.88 Å². The summed E-state index contributed by atoms with van der Waals surface area (Å²) in [6.45, 7) is -0.313. The van der Waals surface area contributed by atoms with Crippen molar-refractivity contribution in [1.29, 1.82) is 0 Å². The monoisotopic (exact) mass is 425 g/mol. The maximum absolute atomic E-state index is 12.3. The number of nitrogens with one attached hydrogen (secondary N) is 1. The summed E-state index contributed by atoms with van der Waals surface area (Å²) in [5.41, 5.74) is 5.10. The second-order valence-corrected chi connectivity index (χ2v) is 7.35. The van der Waals surface area contributed by atoms with E-state index < -0.39 is 11.8 Å². The summed E-state index contributed by atoms with van der Waals surface area (Å²) in [6.07, 6.45) is 1.23. The summed E-state index contributed by atoms with van der Waals surface area (Å²) in [5, 5.41) is 12.0. The van der Waals surface area contributed by atoms with Gasteiger partial charge in [-0.3, -0.25) is 14.5 Å². The number of amides is 2. The minimum atomic E-state index is -0.469. The third-order valence-electron chi connectivity index (χ3n) is 5.24. The molecule has 0 radical (unpaired) electrons. The van der Waals surface area contributed by atoms with E-state index in [2.05, 4.69) is 22.4 Å². The quantitative estimate of drug-likeness (QED) is 0.456. The van der Waals surface area contributed by atoms with Gasteiger partial charge in [0, 0.05) is 17.3 Å². The number of hydrogen-bond donors (Lipinski definition) is 2. The number of aliphatic hydroxyl groups excluding tert-OH is 1. The zero-order valence-electron chi connectivity index (χ0n) is 17.0. The van der Waals surface area contributed by atoms with Crippen LogP contribution in [0, 0.1) is 0 Å². The summed E-state index contributed by atoms with van der Waals surface area (Å²) in [7, 11) is 0. The molecular formula is C25H19N3O4. The van der Waals surface area contributed by atoms with E-state index in [1.54, 1.807) is 18.2 Å². The van der Waals surface area contributed by atoms with Crippen LogP contribution in [0.4, 0.5) is 5.69 Å². The topological polar surface area (TPSA) is 95.7 Å². The van der Waals surface area contributed by atoms with Gasteiger partial charge in [-0.05, 0) is 41.5 Å². The third-order valence-corrected chi connectivity index (χ3v) is 5.24. The molecule has 2 amide bonds. The molecule has 0 bridgehead atoms. The number of hydrogen-bond acceptors (Lipinski definition) is 6. The molecule has 0 aliphatic carbocycles. The fourth-order valence-corrected chi connectivity index (χ4v) is 3.63. The Morgan fingerprint density at radius 2 is 1.62 bits per heavy atom. The molecule has 5 rings (SSSR count). The standard InChI is InChI=1S/C25H19N3O4/c29-13-12-28-23(30)15-21(25(28)31)26-19-10-11-22-20(14-19)27-24(32-22)18-8-6-17(7-9-18)16-4-2-1-3-5-16/h1-11,14-15,26,29H,12-13H2. The van der Waals surface area contributed by atoms with E-state index in [1.807, 2.05) is 42.5 Å². The molecule has 3 aromatic carbocycles. The fraction of sp³-hybridized carbons (Fsp3) is 0.0800. The van der Waals surface area contributed by atoms with Crippen LogP contribution in [0.2, 0.25) is 0 Å². The lowest BCUT2D eigenvalue weighted by Crippen LogP contribution is -2.34. The number of imide groups is 1. The molecule has 158 valence electrons. The number of aliphatic hydroxyl groups is 1. The van der Waals surface area contributed by atoms with Crippen LogP contribution in [0.15, 0.2) is 89.0 Å². The largest absolute Gasteiger partial charge is 0.436 e. The Labute approximate surface area is 183 Å². The number of aromatic nitrogens is 1. The van der Waals surface area contributed by atoms with E-state index >= 15 is 0 Å². The maximum Gasteiger partial charge on any atom is 0.277 e. The number of carbonyl (C=O) groups excluding carboxylic acids is 2. The van der Waals surface area contributed by atoms with Crippen LogP contribution in [0.5, 0.6) is 0 Å². The number of fused-ring (bicyclic) bond motifs is 1. The Morgan fingerprint density at radius 3 is 2.38 bits per heavy atom. The molecule has 1 aliphatic rings. The van der Waals surface area contributed by atoms with E-state index in [-0.39, 0.29) is 18.8 Å². The Balaban J connectivity index is 1.37. The van der Waals surface area contributed by atoms with Gasteiger partial charge in [-0.25, -0.2) is 4.98 Å². The van der Waals surface area contributed by atoms with Crippen LogP contribution in [0.1, 0.15) is 0 Å². The van der Waals surface area contributed by atoms with Crippen LogP contribution in [-0.4, -0.2) is 40.0 Å². The molecule has 4 aromatic rings. The van der Waals surface area contributed by atoms with Crippen LogP contribution >= 0.6 is 0 Å². The maximum atomic E-state index is 12.3. The molecular weight excluding hydrogens is 406 g/mol. The fourth-order valence-electron chi connectivity index (χ4n) is 3.63. The Morgan fingerprint density at radius 1 is 0.906 bits per heavy atom. The van der Waals surface area contributed by atoms with Crippen molar-refractivity contribution in [2.45, 2.75) is 0 Å². The molecule has 7 nitrogen and oxygen atoms in total. The highest BCUT2D eigenvalue weighted by molar-refractivity contribution is 6.17. The second-order valence-electron chi connectivity index (χ2n) is 7.35. The van der Waals surface area contributed by atoms with Crippen molar-refractivity contribution in [3.8, 4) is 22.6 Å². The lowest BCUT2D eigenvalue weighted by atomic mass is 10.0. The molecule has 1 aliphatic heterocycles. The van der Waals surface area contributed by atoms with E-state index in [0.29, 0.717) is 22.7 Å². The lowest BCUT2D eigenvalue weighted by Gasteiger charge is -2.13. The predicted molar refractivity (Wildman–Crippen MR) is 120 cm³/mol. The predicted octanol–water partition coefficient (Wildman–Crippen LogP) is 3.82. The van der Waals surface area contributed by atoms with Gasteiger partial charge in [0.25, 0.3) is 11.8 Å². The molecule has 0 fully saturated rings. The Bertz CT molecular complexity index is 1340. The number of nitrogens with zero attached hydrogens (tertiary/aromatic N) is 2. The molecule has 2 N–H and O–H groups in total. The van der Waals surface area contributed by atoms with E-state index in [9.17, 15) is 9.59 Å². The Hall–Kier alpha value is -4.23. The first kappa shape index (κ1) is 19.7. The van der Waals surface area contributed by atoms with Crippen molar-refractivity contribution >= 4 is 28.6 Å². The van der Waals surface area contributed by atoms with Gasteiger partial charge in [0.15, 0.2) is 5.58 Å². The van der Waals surface area contributed by atoms with Gasteiger partial charge in [-0.2, -0.15) is 0 Å². The first-order valence-corrected chi connectivity index (χ1v) is 10.1. The van der Waals surface area contributed by atoms with Crippen molar-refractivity contribution in [3.63, 3.8) is 0 Å². The molecule has 2 heterocycles. The minimum absolute atomic E-state index is 0.0336. The average molecular weight is 425 g/mol. The molecule has 0 saturated heterocycles. The molecule has 32 heavy (non-hydrogen) atoms. The summed E-state index contributed by atoms with van der Waals surface area (Å²) < 4.78 is 5.90. The minimum Gasteiger partial charge on any atom is -0.436 e. The highest BCUT2D eigenvalue weighted by Crippen LogP contribution is 2.29. The van der Waals surface area contributed by atoms with Crippen molar-refractivity contribution < 1.29 is 19.1 Å². The number of anilines is 1. The summed E-state index contributed by atoms with van der Waals surface area (Å²) >= 11 is 0. The van der Waals surface area contributed by atoms with Gasteiger partial charge in [0.1, 0.15) is 11.2 Å². The van der Waals surface area contributed by atoms with Crippen LogP contribution in [0.25, 0.3) is 33.7 Å². The van der Waals surface area contributed by atoms with Crippen molar-refractivity contribution in [2.75, 3.05) is 18.5 Å². The van der Waals surface area contributed by atoms with Crippen molar-refractivity contribution in [3.05, 3.63) is 84.6 Å². The highest BCUT2D eigenvalue weighted by atomic mass is 16.3. The van der Waals surface area contributed by atoms with Crippen LogP contribution in [0.3, 0.4) is 0 Å². The summed E-state index contributed by atoms with van der Waals surface area (Å²) in [4.78, 5) is 29.8. The Kier molecular flexibility index (Phi) is 5.01. The molecule has 7 heteroatoms. The van der Waals surface area contributed by atoms with E-state index in [0.717, 1.165) is 21.6 Å². The number of rotatable bonds is 6. The first-order chi connectivity index (χ1) is 15.6. The van der Waals surface area contributed by atoms with E-state index in [1.165, 1.54) is 6.08 Å². The lowest BCUT2D eigenvalue weighted by molar-refractivity contribution is -0.137. The second kappa shape index (κ2) is 8.13. The van der Waals surface area contributed by atoms with Gasteiger partial charge in [0.2, 0.25) is 5.89 Å². The zero-order chi connectivity index (χ0) is 22.1. The molecule has 1 aromatic heterocycles. The SMILES string of the molecule is O=C1C=C(Nc2ccc3oc(-c4ccc(-c5ccccc5)cc4)nc3c2)C(=O)N1CCO. The van der Waals surface area contributed by atoms with Gasteiger partial charge in [-0.15, -0.1) is 0 Å². The number of benzene rings is 3. The normalized spacial score (nSPS) is 13.7. The highest BCUT2D eigenvalue weighted by Gasteiger charge is 2.30. The summed E-state index contributed by atoms with van der Waals surface area (Å²) in [6, 6.07) is 23.4. The van der Waals surface area contributed by atoms with Gasteiger partial charge >= 0.3 is 0 Å². The average Bonchev–Trinajstić information content (AvgIpc) is 3.36. The van der Waals surface area contributed by atoms with E-state index in [4.69, 9.17) is 9.52 Å².